The molecule has 1 N–H and O–H groups in total. The van der Waals surface area contributed by atoms with Gasteiger partial charge in [0.05, 0.1) is 7.11 Å². The Bertz CT molecular complexity index is 474. The fourth-order valence-electron chi connectivity index (χ4n) is 2.21. The zero-order valence-corrected chi connectivity index (χ0v) is 11.0. The van der Waals surface area contributed by atoms with Gasteiger partial charge in [0.1, 0.15) is 0 Å². The molecule has 1 aromatic carbocycles. The lowest BCUT2D eigenvalue weighted by atomic mass is 10.00. The van der Waals surface area contributed by atoms with Crippen molar-refractivity contribution in [3.05, 3.63) is 35.4 Å². The number of nitrogens with one attached hydrogen (secondary N) is 1. The van der Waals surface area contributed by atoms with E-state index in [9.17, 15) is 9.59 Å². The average molecular weight is 262 g/mol. The molecule has 0 atom stereocenters. The molecule has 0 saturated carbocycles. The second-order valence-corrected chi connectivity index (χ2v) is 4.50. The third-order valence-electron chi connectivity index (χ3n) is 3.28. The maximum Gasteiger partial charge on any atom is 0.406 e. The van der Waals surface area contributed by atoms with Gasteiger partial charge in [-0.05, 0) is 17.5 Å². The van der Waals surface area contributed by atoms with E-state index in [0.29, 0.717) is 19.5 Å². The number of nitrogens with zero attached hydrogens (tertiary/aromatic N) is 1. The number of alkyl carbamates (subject to hydrolysis) is 1. The molecule has 1 aliphatic rings. The number of carbonyl (C=O) groups excluding carboxylic acids is 2. The van der Waals surface area contributed by atoms with Crippen molar-refractivity contribution in [2.24, 2.45) is 0 Å². The minimum Gasteiger partial charge on any atom is -0.453 e. The highest BCUT2D eigenvalue weighted by molar-refractivity contribution is 5.77. The summed E-state index contributed by atoms with van der Waals surface area (Å²) in [4.78, 5) is 24.7. The van der Waals surface area contributed by atoms with Crippen LogP contribution in [0.2, 0.25) is 0 Å². The van der Waals surface area contributed by atoms with E-state index in [1.165, 1.54) is 18.2 Å². The maximum absolute atomic E-state index is 12.0. The monoisotopic (exact) mass is 262 g/mol. The quantitative estimate of drug-likeness (QED) is 0.893. The maximum atomic E-state index is 12.0. The Labute approximate surface area is 112 Å². The summed E-state index contributed by atoms with van der Waals surface area (Å²) in [6.45, 7) is 1.71. The van der Waals surface area contributed by atoms with Gasteiger partial charge in [0.15, 0.2) is 0 Å². The highest BCUT2D eigenvalue weighted by atomic mass is 16.5. The van der Waals surface area contributed by atoms with Crippen molar-refractivity contribution in [2.45, 2.75) is 19.4 Å². The van der Waals surface area contributed by atoms with Gasteiger partial charge < -0.3 is 15.0 Å². The molecule has 0 aromatic heterocycles. The number of ether oxygens (including phenoxy) is 1. The Kier molecular flexibility index (Phi) is 4.39. The summed E-state index contributed by atoms with van der Waals surface area (Å²) >= 11 is 0. The van der Waals surface area contributed by atoms with Crippen LogP contribution >= 0.6 is 0 Å². The van der Waals surface area contributed by atoms with Crippen LogP contribution < -0.4 is 5.32 Å². The minimum absolute atomic E-state index is 0.0610. The highest BCUT2D eigenvalue weighted by Crippen LogP contribution is 2.18. The third-order valence-corrected chi connectivity index (χ3v) is 3.28. The van der Waals surface area contributed by atoms with Gasteiger partial charge in [0, 0.05) is 26.1 Å². The van der Waals surface area contributed by atoms with E-state index in [2.05, 4.69) is 22.2 Å². The van der Waals surface area contributed by atoms with Crippen LogP contribution in [0.1, 0.15) is 17.5 Å². The lowest BCUT2D eigenvalue weighted by Gasteiger charge is -2.29. The molecule has 0 fully saturated rings. The normalized spacial score (nSPS) is 13.6. The number of carbonyl (C=O) groups is 2. The van der Waals surface area contributed by atoms with E-state index in [0.717, 1.165) is 13.0 Å². The van der Waals surface area contributed by atoms with Gasteiger partial charge in [-0.25, -0.2) is 4.79 Å². The topological polar surface area (TPSA) is 58.6 Å². The first kappa shape index (κ1) is 13.4. The van der Waals surface area contributed by atoms with Crippen LogP contribution in [0.25, 0.3) is 0 Å². The summed E-state index contributed by atoms with van der Waals surface area (Å²) in [5.74, 6) is 0.0610. The van der Waals surface area contributed by atoms with Gasteiger partial charge in [-0.2, -0.15) is 0 Å². The van der Waals surface area contributed by atoms with Crippen molar-refractivity contribution in [3.63, 3.8) is 0 Å². The Hall–Kier alpha value is -2.04. The molecule has 102 valence electrons. The molecule has 0 spiro atoms. The SMILES string of the molecule is COC(=O)NCCC(=O)N1CCc2ccccc2C1. The predicted octanol–water partition coefficient (Wildman–Crippen LogP) is 1.32. The van der Waals surface area contributed by atoms with Gasteiger partial charge in [0.2, 0.25) is 5.91 Å². The molecule has 0 aliphatic carbocycles. The molecule has 5 nitrogen and oxygen atoms in total. The fraction of sp³-hybridized carbons (Fsp3) is 0.429. The lowest BCUT2D eigenvalue weighted by Crippen LogP contribution is -2.38. The standard InChI is InChI=1S/C14H18N2O3/c1-19-14(18)15-8-6-13(17)16-9-7-11-4-2-3-5-12(11)10-16/h2-5H,6-10H2,1H3,(H,15,18). The summed E-state index contributed by atoms with van der Waals surface area (Å²) in [5, 5.41) is 2.51. The highest BCUT2D eigenvalue weighted by Gasteiger charge is 2.19. The molecule has 1 heterocycles. The predicted molar refractivity (Wildman–Crippen MR) is 70.6 cm³/mol. The van der Waals surface area contributed by atoms with Crippen LogP contribution in [0, 0.1) is 0 Å². The zero-order valence-electron chi connectivity index (χ0n) is 11.0. The van der Waals surface area contributed by atoms with Crippen molar-refractivity contribution in [3.8, 4) is 0 Å². The molecular weight excluding hydrogens is 244 g/mol. The average Bonchev–Trinajstić information content (AvgIpc) is 2.46. The van der Waals surface area contributed by atoms with E-state index in [4.69, 9.17) is 0 Å². The molecule has 1 aromatic rings. The molecule has 1 aliphatic heterocycles. The second kappa shape index (κ2) is 6.22. The van der Waals surface area contributed by atoms with Gasteiger partial charge in [0.25, 0.3) is 0 Å². The largest absolute Gasteiger partial charge is 0.453 e. The van der Waals surface area contributed by atoms with Crippen molar-refractivity contribution < 1.29 is 14.3 Å². The first-order valence-corrected chi connectivity index (χ1v) is 6.37. The number of rotatable bonds is 3. The van der Waals surface area contributed by atoms with E-state index in [1.807, 2.05) is 17.0 Å². The van der Waals surface area contributed by atoms with Gasteiger partial charge >= 0.3 is 6.09 Å². The van der Waals surface area contributed by atoms with Gasteiger partial charge in [-0.15, -0.1) is 0 Å². The Balaban J connectivity index is 1.83. The van der Waals surface area contributed by atoms with Gasteiger partial charge in [-0.1, -0.05) is 24.3 Å². The van der Waals surface area contributed by atoms with Crippen LogP contribution in [0.3, 0.4) is 0 Å². The molecule has 0 unspecified atom stereocenters. The summed E-state index contributed by atoms with van der Waals surface area (Å²) in [7, 11) is 1.30. The van der Waals surface area contributed by atoms with Crippen LogP contribution in [-0.4, -0.2) is 37.1 Å². The fourth-order valence-corrected chi connectivity index (χ4v) is 2.21. The second-order valence-electron chi connectivity index (χ2n) is 4.50. The number of methoxy groups -OCH3 is 1. The number of fused-ring (bicyclic) bond motifs is 1. The number of benzene rings is 1. The van der Waals surface area contributed by atoms with Crippen LogP contribution in [-0.2, 0) is 22.5 Å². The van der Waals surface area contributed by atoms with E-state index in [1.54, 1.807) is 0 Å². The van der Waals surface area contributed by atoms with Gasteiger partial charge in [-0.3, -0.25) is 4.79 Å². The lowest BCUT2D eigenvalue weighted by molar-refractivity contribution is -0.131. The van der Waals surface area contributed by atoms with Crippen molar-refractivity contribution in [1.29, 1.82) is 0 Å². The number of amides is 2. The molecule has 0 bridgehead atoms. The van der Waals surface area contributed by atoms with E-state index >= 15 is 0 Å². The zero-order chi connectivity index (χ0) is 13.7. The first-order chi connectivity index (χ1) is 9.20. The Morgan fingerprint density at radius 1 is 1.32 bits per heavy atom. The Morgan fingerprint density at radius 2 is 2.05 bits per heavy atom. The molecule has 19 heavy (non-hydrogen) atoms. The minimum atomic E-state index is -0.503. The van der Waals surface area contributed by atoms with Crippen LogP contribution in [0.15, 0.2) is 24.3 Å². The van der Waals surface area contributed by atoms with Crippen molar-refractivity contribution in [1.82, 2.24) is 10.2 Å². The summed E-state index contributed by atoms with van der Waals surface area (Å²) in [6, 6.07) is 8.18. The summed E-state index contributed by atoms with van der Waals surface area (Å²) in [6.07, 6.45) is 0.695. The summed E-state index contributed by atoms with van der Waals surface area (Å²) < 4.78 is 4.45. The van der Waals surface area contributed by atoms with Crippen molar-refractivity contribution in [2.75, 3.05) is 20.2 Å². The van der Waals surface area contributed by atoms with Crippen molar-refractivity contribution >= 4 is 12.0 Å². The Morgan fingerprint density at radius 3 is 2.79 bits per heavy atom. The number of hydrogen-bond donors (Lipinski definition) is 1. The molecule has 2 rings (SSSR count). The first-order valence-electron chi connectivity index (χ1n) is 6.37. The number of hydrogen-bond acceptors (Lipinski definition) is 3. The van der Waals surface area contributed by atoms with E-state index < -0.39 is 6.09 Å². The van der Waals surface area contributed by atoms with Crippen LogP contribution in [0.5, 0.6) is 0 Å². The molecule has 0 radical (unpaired) electrons. The smallest absolute Gasteiger partial charge is 0.406 e. The molecule has 5 heteroatoms. The van der Waals surface area contributed by atoms with Crippen LogP contribution in [0.4, 0.5) is 4.79 Å². The summed E-state index contributed by atoms with van der Waals surface area (Å²) in [5.41, 5.74) is 2.53. The molecular formula is C14H18N2O3. The molecule has 0 saturated heterocycles. The third kappa shape index (κ3) is 3.47. The molecule has 2 amide bonds. The van der Waals surface area contributed by atoms with E-state index in [-0.39, 0.29) is 5.91 Å².